The molecule has 2 aromatic rings. The topological polar surface area (TPSA) is 23.5 Å². The highest BCUT2D eigenvalue weighted by Crippen LogP contribution is 2.33. The standard InChI is InChI=1S/C20H25NO/c1-17-9-11-19(12-10-17)20(22,18-7-3-2-4-8-18)13-16-21-14-5-6-15-21/h2-4,7-12,22H,5-6,13-16H2,1H3. The molecule has 1 N–H and O–H groups in total. The maximum Gasteiger partial charge on any atom is 0.116 e. The molecule has 1 atom stereocenters. The molecule has 0 aliphatic carbocycles. The third-order valence-electron chi connectivity index (χ3n) is 4.77. The quantitative estimate of drug-likeness (QED) is 0.909. The molecule has 1 saturated heterocycles. The first kappa shape index (κ1) is 15.3. The Morgan fingerprint density at radius 2 is 1.50 bits per heavy atom. The molecule has 0 aromatic heterocycles. The van der Waals surface area contributed by atoms with Gasteiger partial charge in [-0.25, -0.2) is 0 Å². The predicted octanol–water partition coefficient (Wildman–Crippen LogP) is 3.72. The second-order valence-electron chi connectivity index (χ2n) is 6.39. The van der Waals surface area contributed by atoms with Gasteiger partial charge in [0.25, 0.3) is 0 Å². The molecule has 116 valence electrons. The van der Waals surface area contributed by atoms with Crippen LogP contribution in [0.5, 0.6) is 0 Å². The molecule has 0 spiro atoms. The number of aryl methyl sites for hydroxylation is 1. The van der Waals surface area contributed by atoms with Crippen molar-refractivity contribution in [1.82, 2.24) is 4.90 Å². The van der Waals surface area contributed by atoms with Crippen molar-refractivity contribution in [3.63, 3.8) is 0 Å². The van der Waals surface area contributed by atoms with Crippen LogP contribution in [-0.4, -0.2) is 29.6 Å². The summed E-state index contributed by atoms with van der Waals surface area (Å²) in [6.45, 7) is 5.35. The first-order valence-electron chi connectivity index (χ1n) is 8.26. The van der Waals surface area contributed by atoms with Crippen molar-refractivity contribution in [3.8, 4) is 0 Å². The van der Waals surface area contributed by atoms with Gasteiger partial charge in [0.1, 0.15) is 5.60 Å². The van der Waals surface area contributed by atoms with Gasteiger partial charge in [-0.3, -0.25) is 0 Å². The lowest BCUT2D eigenvalue weighted by Gasteiger charge is -2.31. The van der Waals surface area contributed by atoms with Crippen LogP contribution in [0.4, 0.5) is 0 Å². The number of aliphatic hydroxyl groups is 1. The molecule has 1 aliphatic heterocycles. The van der Waals surface area contributed by atoms with E-state index in [2.05, 4.69) is 36.1 Å². The second kappa shape index (κ2) is 6.64. The minimum atomic E-state index is -0.905. The minimum absolute atomic E-state index is 0.736. The first-order chi connectivity index (χ1) is 10.7. The van der Waals surface area contributed by atoms with E-state index in [0.29, 0.717) is 0 Å². The number of nitrogens with zero attached hydrogens (tertiary/aromatic N) is 1. The highest BCUT2D eigenvalue weighted by molar-refractivity contribution is 5.37. The van der Waals surface area contributed by atoms with Gasteiger partial charge in [0.15, 0.2) is 0 Å². The zero-order valence-corrected chi connectivity index (χ0v) is 13.3. The fourth-order valence-corrected chi connectivity index (χ4v) is 3.32. The lowest BCUT2D eigenvalue weighted by Crippen LogP contribution is -2.33. The summed E-state index contributed by atoms with van der Waals surface area (Å²) in [5.41, 5.74) is 2.29. The number of benzene rings is 2. The number of rotatable bonds is 5. The third kappa shape index (κ3) is 3.23. The average Bonchev–Trinajstić information content (AvgIpc) is 3.08. The lowest BCUT2D eigenvalue weighted by molar-refractivity contribution is 0.0602. The van der Waals surface area contributed by atoms with Gasteiger partial charge in [-0.15, -0.1) is 0 Å². The van der Waals surface area contributed by atoms with Crippen LogP contribution in [-0.2, 0) is 5.60 Å². The lowest BCUT2D eigenvalue weighted by atomic mass is 9.83. The summed E-state index contributed by atoms with van der Waals surface area (Å²) >= 11 is 0. The fourth-order valence-electron chi connectivity index (χ4n) is 3.32. The van der Waals surface area contributed by atoms with E-state index in [1.807, 2.05) is 30.3 Å². The molecule has 1 heterocycles. The minimum Gasteiger partial charge on any atom is -0.380 e. The van der Waals surface area contributed by atoms with Crippen molar-refractivity contribution in [2.75, 3.05) is 19.6 Å². The molecule has 2 heteroatoms. The molecule has 0 saturated carbocycles. The van der Waals surface area contributed by atoms with Crippen LogP contribution in [0.1, 0.15) is 36.0 Å². The Balaban J connectivity index is 1.88. The molecular formula is C20H25NO. The van der Waals surface area contributed by atoms with Crippen molar-refractivity contribution >= 4 is 0 Å². The highest BCUT2D eigenvalue weighted by atomic mass is 16.3. The molecular weight excluding hydrogens is 270 g/mol. The summed E-state index contributed by atoms with van der Waals surface area (Å²) in [7, 11) is 0. The Labute approximate surface area is 133 Å². The summed E-state index contributed by atoms with van der Waals surface area (Å²) in [4.78, 5) is 2.46. The van der Waals surface area contributed by atoms with E-state index in [1.165, 1.54) is 31.5 Å². The molecule has 3 rings (SSSR count). The van der Waals surface area contributed by atoms with Crippen LogP contribution in [0, 0.1) is 6.92 Å². The summed E-state index contributed by atoms with van der Waals surface area (Å²) < 4.78 is 0. The molecule has 2 aromatic carbocycles. The Bertz CT molecular complexity index is 587. The van der Waals surface area contributed by atoms with E-state index in [9.17, 15) is 5.11 Å². The molecule has 1 aliphatic rings. The summed E-state index contributed by atoms with van der Waals surface area (Å²) in [6.07, 6.45) is 3.31. The zero-order chi connectivity index (χ0) is 15.4. The maximum absolute atomic E-state index is 11.5. The zero-order valence-electron chi connectivity index (χ0n) is 13.3. The summed E-state index contributed by atoms with van der Waals surface area (Å²) in [5.74, 6) is 0. The van der Waals surface area contributed by atoms with Gasteiger partial charge in [-0.1, -0.05) is 60.2 Å². The van der Waals surface area contributed by atoms with Crippen LogP contribution >= 0.6 is 0 Å². The number of hydrogen-bond acceptors (Lipinski definition) is 2. The van der Waals surface area contributed by atoms with Gasteiger partial charge >= 0.3 is 0 Å². The predicted molar refractivity (Wildman–Crippen MR) is 90.9 cm³/mol. The van der Waals surface area contributed by atoms with E-state index in [1.54, 1.807) is 0 Å². The third-order valence-corrected chi connectivity index (χ3v) is 4.77. The molecule has 1 unspecified atom stereocenters. The largest absolute Gasteiger partial charge is 0.380 e. The summed E-state index contributed by atoms with van der Waals surface area (Å²) in [6, 6.07) is 18.4. The van der Waals surface area contributed by atoms with Gasteiger partial charge in [0.2, 0.25) is 0 Å². The number of likely N-dealkylation sites (tertiary alicyclic amines) is 1. The Hall–Kier alpha value is -1.64. The normalized spacial score (nSPS) is 18.3. The Kier molecular flexibility index (Phi) is 4.60. The van der Waals surface area contributed by atoms with Crippen LogP contribution < -0.4 is 0 Å². The van der Waals surface area contributed by atoms with Crippen molar-refractivity contribution in [1.29, 1.82) is 0 Å². The summed E-state index contributed by atoms with van der Waals surface area (Å²) in [5, 5.41) is 11.5. The number of hydrogen-bond donors (Lipinski definition) is 1. The van der Waals surface area contributed by atoms with E-state index < -0.39 is 5.60 Å². The molecule has 0 radical (unpaired) electrons. The van der Waals surface area contributed by atoms with Gasteiger partial charge in [0, 0.05) is 6.54 Å². The van der Waals surface area contributed by atoms with Crippen molar-refractivity contribution in [3.05, 3.63) is 71.3 Å². The van der Waals surface area contributed by atoms with Crippen molar-refractivity contribution in [2.24, 2.45) is 0 Å². The van der Waals surface area contributed by atoms with Gasteiger partial charge < -0.3 is 10.0 Å². The van der Waals surface area contributed by atoms with Crippen LogP contribution in [0.15, 0.2) is 54.6 Å². The molecule has 1 fully saturated rings. The maximum atomic E-state index is 11.5. The molecule has 0 bridgehead atoms. The average molecular weight is 295 g/mol. The smallest absolute Gasteiger partial charge is 0.116 e. The first-order valence-corrected chi connectivity index (χ1v) is 8.26. The second-order valence-corrected chi connectivity index (χ2v) is 6.39. The Morgan fingerprint density at radius 1 is 0.909 bits per heavy atom. The monoisotopic (exact) mass is 295 g/mol. The van der Waals surface area contributed by atoms with Crippen LogP contribution in [0.3, 0.4) is 0 Å². The van der Waals surface area contributed by atoms with E-state index >= 15 is 0 Å². The van der Waals surface area contributed by atoms with Gasteiger partial charge in [-0.2, -0.15) is 0 Å². The van der Waals surface area contributed by atoms with Crippen molar-refractivity contribution in [2.45, 2.75) is 31.8 Å². The Morgan fingerprint density at radius 3 is 2.14 bits per heavy atom. The highest BCUT2D eigenvalue weighted by Gasteiger charge is 2.32. The van der Waals surface area contributed by atoms with E-state index in [-0.39, 0.29) is 0 Å². The fraction of sp³-hybridized carbons (Fsp3) is 0.400. The van der Waals surface area contributed by atoms with Crippen LogP contribution in [0.2, 0.25) is 0 Å². The SMILES string of the molecule is Cc1ccc(C(O)(CCN2CCCC2)c2ccccc2)cc1. The van der Waals surface area contributed by atoms with E-state index in [0.717, 1.165) is 24.1 Å². The van der Waals surface area contributed by atoms with Gasteiger partial charge in [-0.05, 0) is 50.4 Å². The molecule has 0 amide bonds. The molecule has 2 nitrogen and oxygen atoms in total. The van der Waals surface area contributed by atoms with Crippen LogP contribution in [0.25, 0.3) is 0 Å². The van der Waals surface area contributed by atoms with E-state index in [4.69, 9.17) is 0 Å². The molecule has 22 heavy (non-hydrogen) atoms. The van der Waals surface area contributed by atoms with Crippen molar-refractivity contribution < 1.29 is 5.11 Å². The van der Waals surface area contributed by atoms with Gasteiger partial charge in [0.05, 0.1) is 0 Å².